The molecule has 0 aliphatic carbocycles. The van der Waals surface area contributed by atoms with Gasteiger partial charge in [0.1, 0.15) is 12.1 Å². The van der Waals surface area contributed by atoms with Crippen LogP contribution in [0.3, 0.4) is 0 Å². The van der Waals surface area contributed by atoms with Crippen molar-refractivity contribution in [3.8, 4) is 17.2 Å². The molecule has 0 amide bonds. The number of nitrogens with zero attached hydrogens (tertiary/aromatic N) is 1. The maximum atomic E-state index is 13.7. The van der Waals surface area contributed by atoms with Gasteiger partial charge < -0.3 is 0 Å². The molecule has 3 heteroatoms. The Morgan fingerprint density at radius 1 is 1.18 bits per heavy atom. The lowest BCUT2D eigenvalue weighted by atomic mass is 10.0. The summed E-state index contributed by atoms with van der Waals surface area (Å²) >= 11 is 0. The minimum Gasteiger partial charge on any atom is -0.298 e. The van der Waals surface area contributed by atoms with Gasteiger partial charge in [0.25, 0.3) is 0 Å². The van der Waals surface area contributed by atoms with Gasteiger partial charge in [-0.1, -0.05) is 24.3 Å². The summed E-state index contributed by atoms with van der Waals surface area (Å²) in [5.41, 5.74) is 1.77. The fourth-order valence-corrected chi connectivity index (χ4v) is 1.60. The Kier molecular flexibility index (Phi) is 2.97. The zero-order valence-corrected chi connectivity index (χ0v) is 8.85. The Hall–Kier alpha value is -2.47. The molecule has 0 atom stereocenters. The van der Waals surface area contributed by atoms with Crippen LogP contribution in [0.1, 0.15) is 15.9 Å². The van der Waals surface area contributed by atoms with E-state index in [0.29, 0.717) is 23.0 Å². The smallest absolute Gasteiger partial charge is 0.150 e. The lowest BCUT2D eigenvalue weighted by molar-refractivity contribution is 0.112. The summed E-state index contributed by atoms with van der Waals surface area (Å²) in [4.78, 5) is 10.6. The van der Waals surface area contributed by atoms with Gasteiger partial charge in [0.05, 0.1) is 11.6 Å². The van der Waals surface area contributed by atoms with Crippen LogP contribution in [0.5, 0.6) is 0 Å². The van der Waals surface area contributed by atoms with Gasteiger partial charge in [-0.2, -0.15) is 5.26 Å². The first kappa shape index (κ1) is 11.0. The van der Waals surface area contributed by atoms with Crippen LogP contribution in [0, 0.1) is 17.1 Å². The molecular weight excluding hydrogens is 217 g/mol. The van der Waals surface area contributed by atoms with Crippen molar-refractivity contribution >= 4 is 6.29 Å². The molecule has 0 N–H and O–H groups in total. The normalized spacial score (nSPS) is 9.65. The third-order valence-electron chi connectivity index (χ3n) is 2.43. The summed E-state index contributed by atoms with van der Waals surface area (Å²) in [7, 11) is 0. The van der Waals surface area contributed by atoms with E-state index in [1.165, 1.54) is 12.1 Å². The molecule has 2 rings (SSSR count). The lowest BCUT2D eigenvalue weighted by Crippen LogP contribution is -1.88. The summed E-state index contributed by atoms with van der Waals surface area (Å²) in [6.07, 6.45) is 0.713. The number of hydrogen-bond acceptors (Lipinski definition) is 2. The van der Waals surface area contributed by atoms with Crippen LogP contribution in [-0.4, -0.2) is 6.29 Å². The van der Waals surface area contributed by atoms with E-state index in [2.05, 4.69) is 0 Å². The largest absolute Gasteiger partial charge is 0.298 e. The van der Waals surface area contributed by atoms with E-state index in [1.54, 1.807) is 30.3 Å². The summed E-state index contributed by atoms with van der Waals surface area (Å²) in [5.74, 6) is -0.466. The summed E-state index contributed by atoms with van der Waals surface area (Å²) < 4.78 is 13.7. The molecule has 17 heavy (non-hydrogen) atoms. The molecule has 0 heterocycles. The number of carbonyl (C=O) groups excluding carboxylic acids is 1. The SMILES string of the molecule is N#Cc1ccc(-c2cccc(C=O)c2)c(F)c1. The molecule has 0 aliphatic heterocycles. The molecule has 2 aromatic carbocycles. The molecule has 0 aliphatic rings. The zero-order chi connectivity index (χ0) is 12.3. The van der Waals surface area contributed by atoms with Gasteiger partial charge in [-0.25, -0.2) is 4.39 Å². The highest BCUT2D eigenvalue weighted by Gasteiger charge is 2.06. The predicted octanol–water partition coefficient (Wildman–Crippen LogP) is 3.18. The Bertz CT molecular complexity index is 614. The second kappa shape index (κ2) is 4.58. The van der Waals surface area contributed by atoms with Crippen molar-refractivity contribution < 1.29 is 9.18 Å². The van der Waals surface area contributed by atoms with E-state index in [9.17, 15) is 9.18 Å². The molecular formula is C14H8FNO. The third kappa shape index (κ3) is 2.21. The topological polar surface area (TPSA) is 40.9 Å². The highest BCUT2D eigenvalue weighted by atomic mass is 19.1. The highest BCUT2D eigenvalue weighted by Crippen LogP contribution is 2.24. The molecule has 0 bridgehead atoms. The molecule has 0 saturated carbocycles. The lowest BCUT2D eigenvalue weighted by Gasteiger charge is -2.04. The van der Waals surface area contributed by atoms with E-state index < -0.39 is 5.82 Å². The molecule has 0 spiro atoms. The molecule has 2 aromatic rings. The first-order valence-electron chi connectivity index (χ1n) is 5.00. The Morgan fingerprint density at radius 2 is 2.00 bits per heavy atom. The van der Waals surface area contributed by atoms with E-state index in [1.807, 2.05) is 6.07 Å². The highest BCUT2D eigenvalue weighted by molar-refractivity contribution is 5.79. The summed E-state index contributed by atoms with van der Waals surface area (Å²) in [6, 6.07) is 12.8. The fraction of sp³-hybridized carbons (Fsp3) is 0. The van der Waals surface area contributed by atoms with E-state index in [0.717, 1.165) is 0 Å². The summed E-state index contributed by atoms with van der Waals surface area (Å²) in [5, 5.41) is 8.64. The van der Waals surface area contributed by atoms with Crippen LogP contribution < -0.4 is 0 Å². The van der Waals surface area contributed by atoms with Gasteiger partial charge in [-0.15, -0.1) is 0 Å². The molecule has 2 nitrogen and oxygen atoms in total. The van der Waals surface area contributed by atoms with Crippen molar-refractivity contribution in [1.29, 1.82) is 5.26 Å². The predicted molar refractivity (Wildman–Crippen MR) is 61.9 cm³/mol. The van der Waals surface area contributed by atoms with Crippen LogP contribution in [-0.2, 0) is 0 Å². The number of rotatable bonds is 2. The fourth-order valence-electron chi connectivity index (χ4n) is 1.60. The van der Waals surface area contributed by atoms with Crippen LogP contribution in [0.2, 0.25) is 0 Å². The standard InChI is InChI=1S/C14H8FNO/c15-14-7-10(8-16)4-5-13(14)12-3-1-2-11(6-12)9-17/h1-7,9H. The second-order valence-corrected chi connectivity index (χ2v) is 3.55. The number of nitriles is 1. The first-order valence-corrected chi connectivity index (χ1v) is 5.00. The van der Waals surface area contributed by atoms with E-state index >= 15 is 0 Å². The summed E-state index contributed by atoms with van der Waals surface area (Å²) in [6.45, 7) is 0. The van der Waals surface area contributed by atoms with Gasteiger partial charge in [-0.05, 0) is 23.8 Å². The van der Waals surface area contributed by atoms with Crippen molar-refractivity contribution in [3.05, 3.63) is 59.4 Å². The van der Waals surface area contributed by atoms with Crippen molar-refractivity contribution in [1.82, 2.24) is 0 Å². The maximum absolute atomic E-state index is 13.7. The molecule has 0 fully saturated rings. The Morgan fingerprint density at radius 3 is 2.65 bits per heavy atom. The molecule has 0 aromatic heterocycles. The number of hydrogen-bond donors (Lipinski definition) is 0. The average molecular weight is 225 g/mol. The van der Waals surface area contributed by atoms with Gasteiger partial charge in [0, 0.05) is 11.1 Å². The van der Waals surface area contributed by atoms with Crippen LogP contribution in [0.15, 0.2) is 42.5 Å². The van der Waals surface area contributed by atoms with Crippen molar-refractivity contribution in [2.75, 3.05) is 0 Å². The monoisotopic (exact) mass is 225 g/mol. The van der Waals surface area contributed by atoms with E-state index in [4.69, 9.17) is 5.26 Å². The second-order valence-electron chi connectivity index (χ2n) is 3.55. The maximum Gasteiger partial charge on any atom is 0.150 e. The molecule has 0 saturated heterocycles. The van der Waals surface area contributed by atoms with Crippen LogP contribution in [0.4, 0.5) is 4.39 Å². The molecule has 0 radical (unpaired) electrons. The molecule has 82 valence electrons. The third-order valence-corrected chi connectivity index (χ3v) is 2.43. The van der Waals surface area contributed by atoms with Crippen molar-refractivity contribution in [3.63, 3.8) is 0 Å². The number of halogens is 1. The Balaban J connectivity index is 2.53. The van der Waals surface area contributed by atoms with Gasteiger partial charge >= 0.3 is 0 Å². The van der Waals surface area contributed by atoms with Gasteiger partial charge in [-0.3, -0.25) is 4.79 Å². The zero-order valence-electron chi connectivity index (χ0n) is 8.85. The molecule has 0 unspecified atom stereocenters. The van der Waals surface area contributed by atoms with Crippen molar-refractivity contribution in [2.45, 2.75) is 0 Å². The van der Waals surface area contributed by atoms with E-state index in [-0.39, 0.29) is 5.56 Å². The quantitative estimate of drug-likeness (QED) is 0.736. The van der Waals surface area contributed by atoms with Crippen LogP contribution in [0.25, 0.3) is 11.1 Å². The first-order chi connectivity index (χ1) is 8.24. The van der Waals surface area contributed by atoms with Gasteiger partial charge in [0.2, 0.25) is 0 Å². The minimum absolute atomic E-state index is 0.276. The van der Waals surface area contributed by atoms with Crippen LogP contribution >= 0.6 is 0 Å². The average Bonchev–Trinajstić information content (AvgIpc) is 2.38. The number of aldehydes is 1. The van der Waals surface area contributed by atoms with Crippen molar-refractivity contribution in [2.24, 2.45) is 0 Å². The minimum atomic E-state index is -0.466. The number of carbonyl (C=O) groups is 1. The number of benzene rings is 2. The van der Waals surface area contributed by atoms with Gasteiger partial charge in [0.15, 0.2) is 0 Å². The Labute approximate surface area is 97.9 Å².